The molecule has 2 aromatic heterocycles. The molecule has 1 atom stereocenters. The molecule has 198 valence electrons. The molecule has 0 radical (unpaired) electrons. The monoisotopic (exact) mass is 561 g/mol. The van der Waals surface area contributed by atoms with Crippen molar-refractivity contribution < 1.29 is 19.1 Å². The number of allylic oxidation sites excluding steroid dienone is 2. The molecular formula is C29H24ClN3O5S. The normalized spacial score (nSPS) is 15.2. The fourth-order valence-electron chi connectivity index (χ4n) is 4.60. The van der Waals surface area contributed by atoms with Crippen molar-refractivity contribution in [2.45, 2.75) is 19.9 Å². The third-order valence-corrected chi connectivity index (χ3v) is 7.82. The van der Waals surface area contributed by atoms with Gasteiger partial charge in [0, 0.05) is 42.7 Å². The first-order valence-electron chi connectivity index (χ1n) is 12.0. The van der Waals surface area contributed by atoms with E-state index in [1.807, 2.05) is 43.3 Å². The summed E-state index contributed by atoms with van der Waals surface area (Å²) in [5.74, 6) is -0.439. The number of rotatable bonds is 6. The zero-order chi connectivity index (χ0) is 28.0. The van der Waals surface area contributed by atoms with E-state index in [1.54, 1.807) is 35.8 Å². The van der Waals surface area contributed by atoms with E-state index >= 15 is 0 Å². The Bertz CT molecular complexity index is 1840. The number of carboxylic acid groups (broad SMARTS) is 1. The van der Waals surface area contributed by atoms with Crippen molar-refractivity contribution >= 4 is 46.5 Å². The number of carboxylic acids is 1. The fourth-order valence-corrected chi connectivity index (χ4v) is 5.82. The summed E-state index contributed by atoms with van der Waals surface area (Å²) in [6, 6.07) is 15.2. The van der Waals surface area contributed by atoms with E-state index in [1.165, 1.54) is 30.4 Å². The van der Waals surface area contributed by atoms with Crippen LogP contribution in [0.15, 0.2) is 80.1 Å². The van der Waals surface area contributed by atoms with Crippen LogP contribution >= 0.6 is 22.9 Å². The number of aromatic nitrogens is 1. The Kier molecular flexibility index (Phi) is 6.88. The van der Waals surface area contributed by atoms with Gasteiger partial charge in [0.05, 0.1) is 21.2 Å². The number of thiazole rings is 1. The van der Waals surface area contributed by atoms with Crippen molar-refractivity contribution in [3.8, 4) is 11.3 Å². The molecule has 10 heteroatoms. The molecule has 1 aliphatic rings. The van der Waals surface area contributed by atoms with Gasteiger partial charge in [0.2, 0.25) is 0 Å². The second-order valence-corrected chi connectivity index (χ2v) is 10.7. The van der Waals surface area contributed by atoms with Crippen molar-refractivity contribution in [1.82, 2.24) is 4.57 Å². The van der Waals surface area contributed by atoms with Gasteiger partial charge < -0.3 is 14.4 Å². The van der Waals surface area contributed by atoms with E-state index in [2.05, 4.69) is 4.99 Å². The average Bonchev–Trinajstić information content (AvgIpc) is 3.47. The Morgan fingerprint density at radius 2 is 1.85 bits per heavy atom. The van der Waals surface area contributed by atoms with Gasteiger partial charge in [-0.3, -0.25) is 14.2 Å². The summed E-state index contributed by atoms with van der Waals surface area (Å²) in [6.45, 7) is 3.27. The van der Waals surface area contributed by atoms with E-state index < -0.39 is 12.0 Å². The first kappa shape index (κ1) is 26.4. The number of fused-ring (bicyclic) bond motifs is 1. The maximum atomic E-state index is 13.7. The molecule has 2 aromatic carbocycles. The first-order chi connectivity index (χ1) is 18.5. The molecule has 1 aliphatic heterocycles. The third-order valence-electron chi connectivity index (χ3n) is 6.51. The number of Topliss-reactive ketones (excluding diaryl/α,β-unsaturated/α-hetero) is 1. The number of benzene rings is 2. The van der Waals surface area contributed by atoms with Gasteiger partial charge in [-0.25, -0.2) is 9.79 Å². The molecule has 5 rings (SSSR count). The van der Waals surface area contributed by atoms with Gasteiger partial charge in [0.15, 0.2) is 10.6 Å². The molecule has 39 heavy (non-hydrogen) atoms. The van der Waals surface area contributed by atoms with E-state index in [-0.39, 0.29) is 21.9 Å². The molecule has 0 amide bonds. The topological polar surface area (TPSA) is 105 Å². The molecule has 0 bridgehead atoms. The van der Waals surface area contributed by atoms with Crippen molar-refractivity contribution in [3.05, 3.63) is 107 Å². The summed E-state index contributed by atoms with van der Waals surface area (Å²) >= 11 is 7.20. The van der Waals surface area contributed by atoms with Crippen LogP contribution < -0.4 is 19.8 Å². The third kappa shape index (κ3) is 4.86. The molecule has 0 saturated heterocycles. The summed E-state index contributed by atoms with van der Waals surface area (Å²) in [6.07, 6.45) is 1.63. The van der Waals surface area contributed by atoms with Crippen LogP contribution in [0.3, 0.4) is 0 Å². The highest BCUT2D eigenvalue weighted by Crippen LogP contribution is 2.31. The van der Waals surface area contributed by atoms with Gasteiger partial charge in [-0.1, -0.05) is 35.1 Å². The standard InChI is InChI=1S/C29H24ClN3O5S/c1-15-25(16(2)34)26(17-5-8-19(9-6-17)32(3)4)33-27(35)24(39-29(33)31-15)14-20-10-12-23(38-20)18-7-11-22(30)21(13-18)28(36)37/h5-14,26H,1-4H3,(H,36,37)/b24-14+/t26-/m1/s1. The van der Waals surface area contributed by atoms with Crippen LogP contribution in [-0.4, -0.2) is 35.5 Å². The predicted molar refractivity (Wildman–Crippen MR) is 151 cm³/mol. The van der Waals surface area contributed by atoms with E-state index in [0.717, 1.165) is 11.3 Å². The highest BCUT2D eigenvalue weighted by molar-refractivity contribution is 7.07. The van der Waals surface area contributed by atoms with Crippen LogP contribution in [0.25, 0.3) is 17.4 Å². The van der Waals surface area contributed by atoms with Gasteiger partial charge in [-0.05, 0) is 61.9 Å². The van der Waals surface area contributed by atoms with Crippen molar-refractivity contribution in [2.75, 3.05) is 19.0 Å². The SMILES string of the molecule is CC(=O)C1=C(C)N=c2s/c(=C/c3ccc(-c4ccc(Cl)c(C(=O)O)c4)o3)c(=O)n2[C@@H]1c1ccc(N(C)C)cc1. The molecule has 8 nitrogen and oxygen atoms in total. The number of halogens is 1. The first-order valence-corrected chi connectivity index (χ1v) is 13.2. The Labute approximate surface area is 232 Å². The van der Waals surface area contributed by atoms with Gasteiger partial charge in [-0.15, -0.1) is 0 Å². The molecule has 0 spiro atoms. The minimum atomic E-state index is -1.14. The van der Waals surface area contributed by atoms with E-state index in [0.29, 0.717) is 37.7 Å². The fraction of sp³-hybridized carbons (Fsp3) is 0.172. The van der Waals surface area contributed by atoms with Gasteiger partial charge in [-0.2, -0.15) is 0 Å². The number of hydrogen-bond acceptors (Lipinski definition) is 7. The Balaban J connectivity index is 1.60. The molecular weight excluding hydrogens is 538 g/mol. The molecule has 1 N–H and O–H groups in total. The van der Waals surface area contributed by atoms with Crippen LogP contribution in [-0.2, 0) is 4.79 Å². The van der Waals surface area contributed by atoms with Crippen LogP contribution in [0.1, 0.15) is 41.6 Å². The minimum Gasteiger partial charge on any atom is -0.478 e. The number of nitrogens with zero attached hydrogens (tertiary/aromatic N) is 3. The van der Waals surface area contributed by atoms with E-state index in [9.17, 15) is 19.5 Å². The highest BCUT2D eigenvalue weighted by atomic mass is 35.5. The molecule has 3 heterocycles. The van der Waals surface area contributed by atoms with E-state index in [4.69, 9.17) is 16.0 Å². The largest absolute Gasteiger partial charge is 0.478 e. The van der Waals surface area contributed by atoms with Gasteiger partial charge >= 0.3 is 5.97 Å². The number of ketones is 1. The Morgan fingerprint density at radius 3 is 2.49 bits per heavy atom. The number of anilines is 1. The minimum absolute atomic E-state index is 0.0318. The highest BCUT2D eigenvalue weighted by Gasteiger charge is 2.30. The number of furan rings is 1. The summed E-state index contributed by atoms with van der Waals surface area (Å²) in [5, 5.41) is 9.50. The van der Waals surface area contributed by atoms with Crippen molar-refractivity contribution in [3.63, 3.8) is 0 Å². The molecule has 0 unspecified atom stereocenters. The maximum absolute atomic E-state index is 13.7. The van der Waals surface area contributed by atoms with Gasteiger partial charge in [0.1, 0.15) is 11.5 Å². The van der Waals surface area contributed by atoms with Crippen LogP contribution in [0, 0.1) is 0 Å². The second-order valence-electron chi connectivity index (χ2n) is 9.33. The summed E-state index contributed by atoms with van der Waals surface area (Å²) in [5.41, 5.74) is 3.09. The zero-order valence-electron chi connectivity index (χ0n) is 21.6. The van der Waals surface area contributed by atoms with Crippen LogP contribution in [0.5, 0.6) is 0 Å². The lowest BCUT2D eigenvalue weighted by atomic mass is 9.93. The smallest absolute Gasteiger partial charge is 0.337 e. The quantitative estimate of drug-likeness (QED) is 0.371. The number of carbonyl (C=O) groups is 2. The number of carbonyl (C=O) groups excluding carboxylic acids is 1. The second kappa shape index (κ2) is 10.2. The molecule has 4 aromatic rings. The van der Waals surface area contributed by atoms with Gasteiger partial charge in [0.25, 0.3) is 5.56 Å². The maximum Gasteiger partial charge on any atom is 0.337 e. The number of aromatic carboxylic acids is 1. The molecule has 0 saturated carbocycles. The Hall–Kier alpha value is -4.21. The molecule has 0 aliphatic carbocycles. The van der Waals surface area contributed by atoms with Crippen LogP contribution in [0.2, 0.25) is 5.02 Å². The lowest BCUT2D eigenvalue weighted by Crippen LogP contribution is -2.39. The predicted octanol–water partition coefficient (Wildman–Crippen LogP) is 4.50. The van der Waals surface area contributed by atoms with Crippen molar-refractivity contribution in [2.24, 2.45) is 4.99 Å². The lowest BCUT2D eigenvalue weighted by molar-refractivity contribution is -0.114. The van der Waals surface area contributed by atoms with Crippen molar-refractivity contribution in [1.29, 1.82) is 0 Å². The van der Waals surface area contributed by atoms with Crippen LogP contribution in [0.4, 0.5) is 5.69 Å². The average molecular weight is 562 g/mol. The summed E-state index contributed by atoms with van der Waals surface area (Å²) < 4.78 is 7.89. The summed E-state index contributed by atoms with van der Waals surface area (Å²) in [7, 11) is 3.89. The lowest BCUT2D eigenvalue weighted by Gasteiger charge is -2.25. The zero-order valence-corrected chi connectivity index (χ0v) is 23.1. The molecule has 0 fully saturated rings. The Morgan fingerprint density at radius 1 is 1.13 bits per heavy atom. The number of hydrogen-bond donors (Lipinski definition) is 1. The summed E-state index contributed by atoms with van der Waals surface area (Å²) in [4.78, 5) is 44.9.